The van der Waals surface area contributed by atoms with Crippen LogP contribution in [0.5, 0.6) is 0 Å². The fourth-order valence-corrected chi connectivity index (χ4v) is 5.53. The topological polar surface area (TPSA) is 53.4 Å². The van der Waals surface area contributed by atoms with Gasteiger partial charge in [-0.2, -0.15) is 0 Å². The average Bonchev–Trinajstić information content (AvgIpc) is 3.29. The summed E-state index contributed by atoms with van der Waals surface area (Å²) in [5.74, 6) is -0.195. The van der Waals surface area contributed by atoms with Gasteiger partial charge in [0.15, 0.2) is 10.9 Å². The number of fused-ring (bicyclic) bond motifs is 1. The molecule has 0 amide bonds. The quantitative estimate of drug-likeness (QED) is 0.674. The van der Waals surface area contributed by atoms with Crippen LogP contribution in [0.25, 0.3) is 10.4 Å². The van der Waals surface area contributed by atoms with Crippen LogP contribution >= 0.6 is 22.7 Å². The van der Waals surface area contributed by atoms with Gasteiger partial charge in [-0.25, -0.2) is 4.98 Å². The lowest BCUT2D eigenvalue weighted by atomic mass is 10.0. The molecule has 1 unspecified atom stereocenters. The largest absolute Gasteiger partial charge is 0.388 e. The number of nitrogens with zero attached hydrogens (tertiary/aromatic N) is 2. The fourth-order valence-electron chi connectivity index (χ4n) is 3.29. The first-order valence-corrected chi connectivity index (χ1v) is 10.3. The first-order valence-electron chi connectivity index (χ1n) is 8.63. The minimum Gasteiger partial charge on any atom is -0.388 e. The summed E-state index contributed by atoms with van der Waals surface area (Å²) >= 11 is 3.21. The average molecular weight is 385 g/mol. The predicted molar refractivity (Wildman–Crippen MR) is 107 cm³/mol. The molecule has 1 atom stereocenters. The summed E-state index contributed by atoms with van der Waals surface area (Å²) in [6.07, 6.45) is 2.84. The SMILES string of the molecule is Cc1ccc(-c2cnc(N3CCc4cc(C(=O)CO)sc4C3C)s2)cc1. The summed E-state index contributed by atoms with van der Waals surface area (Å²) < 4.78 is 0. The highest BCUT2D eigenvalue weighted by Gasteiger charge is 2.29. The van der Waals surface area contributed by atoms with Gasteiger partial charge in [0.1, 0.15) is 6.61 Å². The molecule has 1 aromatic carbocycles. The maximum Gasteiger partial charge on any atom is 0.198 e. The lowest BCUT2D eigenvalue weighted by Crippen LogP contribution is -2.32. The number of aromatic nitrogens is 1. The monoisotopic (exact) mass is 384 g/mol. The molecule has 3 heterocycles. The number of carbonyl (C=O) groups excluding carboxylic acids is 1. The van der Waals surface area contributed by atoms with Crippen molar-refractivity contribution >= 4 is 33.6 Å². The van der Waals surface area contributed by atoms with Gasteiger partial charge in [-0.1, -0.05) is 41.2 Å². The van der Waals surface area contributed by atoms with E-state index in [1.54, 1.807) is 11.3 Å². The van der Waals surface area contributed by atoms with Gasteiger partial charge in [0, 0.05) is 17.6 Å². The predicted octanol–water partition coefficient (Wildman–Crippen LogP) is 4.48. The Kier molecular flexibility index (Phi) is 4.65. The normalized spacial score (nSPS) is 16.6. The zero-order valence-corrected chi connectivity index (χ0v) is 16.4. The number of ketones is 1. The van der Waals surface area contributed by atoms with Crippen molar-refractivity contribution in [3.63, 3.8) is 0 Å². The Balaban J connectivity index is 1.60. The van der Waals surface area contributed by atoms with E-state index in [0.717, 1.165) is 18.1 Å². The van der Waals surface area contributed by atoms with Gasteiger partial charge in [-0.3, -0.25) is 4.79 Å². The minimum absolute atomic E-state index is 0.181. The van der Waals surface area contributed by atoms with Crippen molar-refractivity contribution in [3.8, 4) is 10.4 Å². The Morgan fingerprint density at radius 3 is 2.81 bits per heavy atom. The molecule has 0 aliphatic carbocycles. The molecule has 0 saturated carbocycles. The van der Waals surface area contributed by atoms with Gasteiger partial charge in [0.2, 0.25) is 0 Å². The van der Waals surface area contributed by atoms with Crippen molar-refractivity contribution in [1.82, 2.24) is 4.98 Å². The second kappa shape index (κ2) is 6.95. The minimum atomic E-state index is -0.427. The van der Waals surface area contributed by atoms with Crippen LogP contribution in [0.1, 0.15) is 38.6 Å². The number of aryl methyl sites for hydroxylation is 1. The van der Waals surface area contributed by atoms with E-state index < -0.39 is 6.61 Å². The van der Waals surface area contributed by atoms with Crippen LogP contribution < -0.4 is 4.90 Å². The number of Topliss-reactive ketones (excluding diaryl/α,β-unsaturated/α-hetero) is 1. The van der Waals surface area contributed by atoms with Crippen LogP contribution in [-0.4, -0.2) is 29.0 Å². The van der Waals surface area contributed by atoms with Crippen molar-refractivity contribution in [3.05, 3.63) is 57.4 Å². The van der Waals surface area contributed by atoms with Crippen molar-refractivity contribution < 1.29 is 9.90 Å². The third-order valence-electron chi connectivity index (χ3n) is 4.80. The highest BCUT2D eigenvalue weighted by atomic mass is 32.1. The maximum absolute atomic E-state index is 11.8. The number of anilines is 1. The molecule has 3 aromatic rings. The molecule has 6 heteroatoms. The van der Waals surface area contributed by atoms with Gasteiger partial charge in [-0.05, 0) is 37.5 Å². The van der Waals surface area contributed by atoms with Gasteiger partial charge in [0.05, 0.1) is 15.8 Å². The second-order valence-corrected chi connectivity index (χ2v) is 8.67. The number of benzene rings is 1. The number of hydrogen-bond donors (Lipinski definition) is 1. The van der Waals surface area contributed by atoms with Crippen molar-refractivity contribution in [1.29, 1.82) is 0 Å². The van der Waals surface area contributed by atoms with Crippen LogP contribution in [0.15, 0.2) is 36.5 Å². The van der Waals surface area contributed by atoms with Gasteiger partial charge >= 0.3 is 0 Å². The van der Waals surface area contributed by atoms with E-state index in [9.17, 15) is 4.79 Å². The fraction of sp³-hybridized carbons (Fsp3) is 0.300. The highest BCUT2D eigenvalue weighted by molar-refractivity contribution is 7.19. The Bertz CT molecular complexity index is 943. The summed E-state index contributed by atoms with van der Waals surface area (Å²) in [5.41, 5.74) is 3.67. The number of rotatable bonds is 4. The first-order chi connectivity index (χ1) is 12.6. The number of thiazole rings is 1. The van der Waals surface area contributed by atoms with Crippen molar-refractivity contribution in [2.45, 2.75) is 26.3 Å². The lowest BCUT2D eigenvalue weighted by molar-refractivity contribution is 0.0908. The second-order valence-electron chi connectivity index (χ2n) is 6.57. The summed E-state index contributed by atoms with van der Waals surface area (Å²) in [4.78, 5) is 21.8. The molecule has 0 bridgehead atoms. The van der Waals surface area contributed by atoms with Crippen LogP contribution in [-0.2, 0) is 6.42 Å². The van der Waals surface area contributed by atoms with E-state index in [4.69, 9.17) is 5.11 Å². The summed E-state index contributed by atoms with van der Waals surface area (Å²) in [6.45, 7) is 4.71. The first kappa shape index (κ1) is 17.4. The molecule has 4 nitrogen and oxygen atoms in total. The van der Waals surface area contributed by atoms with Crippen molar-refractivity contribution in [2.75, 3.05) is 18.1 Å². The number of carbonyl (C=O) groups is 1. The van der Waals surface area contributed by atoms with Gasteiger partial charge < -0.3 is 10.0 Å². The van der Waals surface area contributed by atoms with Crippen molar-refractivity contribution in [2.24, 2.45) is 0 Å². The third kappa shape index (κ3) is 3.09. The van der Waals surface area contributed by atoms with E-state index in [2.05, 4.69) is 48.0 Å². The molecule has 26 heavy (non-hydrogen) atoms. The lowest BCUT2D eigenvalue weighted by Gasteiger charge is -2.33. The standard InChI is InChI=1S/C20H20N2O2S2/c1-12-3-5-14(6-4-12)18-10-21-20(26-18)22-8-7-15-9-17(16(24)11-23)25-19(15)13(22)2/h3-6,9-10,13,23H,7-8,11H2,1-2H3. The Morgan fingerprint density at radius 1 is 1.31 bits per heavy atom. The summed E-state index contributed by atoms with van der Waals surface area (Å²) in [5, 5.41) is 10.1. The number of aliphatic hydroxyl groups is 1. The van der Waals surface area contributed by atoms with E-state index in [0.29, 0.717) is 4.88 Å². The molecule has 0 spiro atoms. The zero-order chi connectivity index (χ0) is 18.3. The molecule has 4 rings (SSSR count). The molecule has 2 aromatic heterocycles. The number of aliphatic hydroxyl groups excluding tert-OH is 1. The Labute approximate surface area is 160 Å². The molecular formula is C20H20N2O2S2. The Morgan fingerprint density at radius 2 is 2.08 bits per heavy atom. The number of thiophene rings is 1. The molecular weight excluding hydrogens is 364 g/mol. The summed E-state index contributed by atoms with van der Waals surface area (Å²) in [7, 11) is 0. The van der Waals surface area contributed by atoms with E-state index in [-0.39, 0.29) is 11.8 Å². The highest BCUT2D eigenvalue weighted by Crippen LogP contribution is 2.41. The third-order valence-corrected chi connectivity index (χ3v) is 7.28. The summed E-state index contributed by atoms with van der Waals surface area (Å²) in [6, 6.07) is 10.6. The Hall–Kier alpha value is -2.02. The van der Waals surface area contributed by atoms with Crippen LogP contribution in [0.4, 0.5) is 5.13 Å². The van der Waals surface area contributed by atoms with E-state index in [1.165, 1.54) is 37.8 Å². The van der Waals surface area contributed by atoms with Gasteiger partial charge in [0.25, 0.3) is 0 Å². The van der Waals surface area contributed by atoms with Crippen LogP contribution in [0.3, 0.4) is 0 Å². The van der Waals surface area contributed by atoms with Crippen LogP contribution in [0.2, 0.25) is 0 Å². The molecule has 134 valence electrons. The number of hydrogen-bond acceptors (Lipinski definition) is 6. The zero-order valence-electron chi connectivity index (χ0n) is 14.7. The molecule has 0 saturated heterocycles. The molecule has 0 fully saturated rings. The van der Waals surface area contributed by atoms with Gasteiger partial charge in [-0.15, -0.1) is 11.3 Å². The molecule has 1 aliphatic heterocycles. The molecule has 1 aliphatic rings. The maximum atomic E-state index is 11.8. The van der Waals surface area contributed by atoms with E-state index >= 15 is 0 Å². The van der Waals surface area contributed by atoms with E-state index in [1.807, 2.05) is 12.3 Å². The smallest absolute Gasteiger partial charge is 0.198 e. The molecule has 1 N–H and O–H groups in total. The molecule has 0 radical (unpaired) electrons. The van der Waals surface area contributed by atoms with Crippen LogP contribution in [0, 0.1) is 6.92 Å².